The molecule has 21 heavy (non-hydrogen) atoms. The van der Waals surface area contributed by atoms with Gasteiger partial charge in [0.15, 0.2) is 0 Å². The zero-order valence-electron chi connectivity index (χ0n) is 13.3. The number of benzene rings is 1. The lowest BCUT2D eigenvalue weighted by Gasteiger charge is -2.04. The maximum atomic E-state index is 10.4. The molecule has 0 aliphatic rings. The third-order valence-corrected chi connectivity index (χ3v) is 3.77. The van der Waals surface area contributed by atoms with E-state index in [2.05, 4.69) is 18.3 Å². The van der Waals surface area contributed by atoms with Crippen LogP contribution in [0.5, 0.6) is 0 Å². The molecule has 1 radical (unpaired) electrons. The van der Waals surface area contributed by atoms with Crippen molar-refractivity contribution in [2.75, 3.05) is 0 Å². The summed E-state index contributed by atoms with van der Waals surface area (Å²) in [5, 5.41) is 0. The maximum absolute atomic E-state index is 10.4. The summed E-state index contributed by atoms with van der Waals surface area (Å²) in [6.07, 6.45) is 17.0. The van der Waals surface area contributed by atoms with Crippen LogP contribution in [0.3, 0.4) is 0 Å². The van der Waals surface area contributed by atoms with Crippen molar-refractivity contribution < 1.29 is 4.79 Å². The minimum atomic E-state index is 0.725. The standard InChI is InChI=1S/C19H28NO/c1-2-3-4-5-6-7-8-9-10-11-14-18-15-12-13-16-19(18)20-17-21/h12-16H,2-11H2,1H3. The van der Waals surface area contributed by atoms with Crippen LogP contribution in [0.15, 0.2) is 29.3 Å². The molecule has 0 amide bonds. The van der Waals surface area contributed by atoms with Crippen LogP contribution in [0, 0.1) is 6.42 Å². The van der Waals surface area contributed by atoms with Gasteiger partial charge in [-0.15, -0.1) is 0 Å². The van der Waals surface area contributed by atoms with Crippen molar-refractivity contribution >= 4 is 11.8 Å². The van der Waals surface area contributed by atoms with E-state index in [1.165, 1.54) is 57.8 Å². The van der Waals surface area contributed by atoms with E-state index in [1.807, 2.05) is 24.3 Å². The van der Waals surface area contributed by atoms with E-state index in [-0.39, 0.29) is 0 Å². The molecule has 0 heterocycles. The predicted octanol–water partition coefficient (Wildman–Crippen LogP) is 6.13. The van der Waals surface area contributed by atoms with Gasteiger partial charge in [-0.3, -0.25) is 0 Å². The summed E-state index contributed by atoms with van der Waals surface area (Å²) in [6, 6.07) is 7.73. The van der Waals surface area contributed by atoms with Gasteiger partial charge in [0.2, 0.25) is 6.08 Å². The lowest BCUT2D eigenvalue weighted by atomic mass is 10.0. The Bertz CT molecular complexity index is 421. The number of hydrogen-bond acceptors (Lipinski definition) is 2. The van der Waals surface area contributed by atoms with Crippen LogP contribution in [0.1, 0.15) is 76.7 Å². The second-order valence-corrected chi connectivity index (χ2v) is 5.58. The molecule has 0 unspecified atom stereocenters. The molecule has 2 nitrogen and oxygen atoms in total. The van der Waals surface area contributed by atoms with Crippen LogP contribution in [0.25, 0.3) is 0 Å². The number of unbranched alkanes of at least 4 members (excludes halogenated alkanes) is 9. The fourth-order valence-corrected chi connectivity index (χ4v) is 2.52. The molecule has 1 aromatic carbocycles. The molecule has 0 atom stereocenters. The Kier molecular flexibility index (Phi) is 10.4. The molecule has 0 N–H and O–H groups in total. The van der Waals surface area contributed by atoms with Crippen molar-refractivity contribution in [2.45, 2.75) is 71.1 Å². The van der Waals surface area contributed by atoms with Gasteiger partial charge in [0, 0.05) is 0 Å². The van der Waals surface area contributed by atoms with Crippen LogP contribution in [-0.2, 0) is 4.79 Å². The van der Waals surface area contributed by atoms with Crippen molar-refractivity contribution in [3.05, 3.63) is 36.2 Å². The van der Waals surface area contributed by atoms with Gasteiger partial charge in [-0.1, -0.05) is 82.9 Å². The summed E-state index contributed by atoms with van der Waals surface area (Å²) < 4.78 is 0. The Morgan fingerprint density at radius 3 is 2.24 bits per heavy atom. The SMILES string of the molecule is CCCCCCCCCCC[CH]c1ccccc1N=C=O. The van der Waals surface area contributed by atoms with Gasteiger partial charge in [0.1, 0.15) is 0 Å². The summed E-state index contributed by atoms with van der Waals surface area (Å²) in [5.74, 6) is 0. The normalized spacial score (nSPS) is 10.3. The zero-order chi connectivity index (χ0) is 15.2. The summed E-state index contributed by atoms with van der Waals surface area (Å²) in [7, 11) is 0. The van der Waals surface area contributed by atoms with Gasteiger partial charge in [-0.05, 0) is 24.5 Å². The first-order chi connectivity index (χ1) is 10.4. The van der Waals surface area contributed by atoms with Crippen molar-refractivity contribution in [1.82, 2.24) is 0 Å². The van der Waals surface area contributed by atoms with E-state index in [4.69, 9.17) is 0 Å². The van der Waals surface area contributed by atoms with Gasteiger partial charge >= 0.3 is 0 Å². The first-order valence-corrected chi connectivity index (χ1v) is 8.38. The lowest BCUT2D eigenvalue weighted by molar-refractivity contribution is 0.564. The van der Waals surface area contributed by atoms with E-state index < -0.39 is 0 Å². The van der Waals surface area contributed by atoms with E-state index >= 15 is 0 Å². The number of carbonyl (C=O) groups excluding carboxylic acids is 1. The molecule has 0 bridgehead atoms. The Morgan fingerprint density at radius 2 is 1.57 bits per heavy atom. The Hall–Kier alpha value is -1.40. The van der Waals surface area contributed by atoms with Gasteiger partial charge in [0.25, 0.3) is 0 Å². The Balaban J connectivity index is 2.05. The molecule has 115 valence electrons. The largest absolute Gasteiger partial charge is 0.240 e. The van der Waals surface area contributed by atoms with E-state index in [1.54, 1.807) is 6.08 Å². The Morgan fingerprint density at radius 1 is 0.952 bits per heavy atom. The topological polar surface area (TPSA) is 29.4 Å². The van der Waals surface area contributed by atoms with Gasteiger partial charge in [0.05, 0.1) is 5.69 Å². The van der Waals surface area contributed by atoms with Gasteiger partial charge < -0.3 is 0 Å². The fraction of sp³-hybridized carbons (Fsp3) is 0.579. The molecule has 1 aromatic rings. The Labute approximate surface area is 129 Å². The summed E-state index contributed by atoms with van der Waals surface area (Å²) in [6.45, 7) is 2.26. The van der Waals surface area contributed by atoms with Crippen molar-refractivity contribution in [2.24, 2.45) is 4.99 Å². The molecule has 0 saturated carbocycles. The molecule has 0 saturated heterocycles. The highest BCUT2D eigenvalue weighted by atomic mass is 16.1. The van der Waals surface area contributed by atoms with Crippen LogP contribution in [0.4, 0.5) is 5.69 Å². The van der Waals surface area contributed by atoms with Gasteiger partial charge in [-0.2, -0.15) is 4.99 Å². The van der Waals surface area contributed by atoms with Crippen molar-refractivity contribution in [1.29, 1.82) is 0 Å². The van der Waals surface area contributed by atoms with E-state index in [9.17, 15) is 4.79 Å². The molecule has 2 heteroatoms. The number of hydrogen-bond donors (Lipinski definition) is 0. The third-order valence-electron chi connectivity index (χ3n) is 3.77. The summed E-state index contributed by atoms with van der Waals surface area (Å²) >= 11 is 0. The molecule has 0 fully saturated rings. The molecule has 0 aliphatic heterocycles. The highest BCUT2D eigenvalue weighted by Gasteiger charge is 2.00. The van der Waals surface area contributed by atoms with Crippen LogP contribution in [0.2, 0.25) is 0 Å². The first kappa shape index (κ1) is 17.7. The van der Waals surface area contributed by atoms with Crippen LogP contribution in [-0.4, -0.2) is 6.08 Å². The minimum Gasteiger partial charge on any atom is -0.211 e. The number of para-hydroxylation sites is 1. The van der Waals surface area contributed by atoms with E-state index in [0.717, 1.165) is 17.7 Å². The quantitative estimate of drug-likeness (QED) is 0.258. The zero-order valence-corrected chi connectivity index (χ0v) is 13.3. The second-order valence-electron chi connectivity index (χ2n) is 5.58. The smallest absolute Gasteiger partial charge is 0.211 e. The second kappa shape index (κ2) is 12.3. The number of rotatable bonds is 12. The number of nitrogens with zero attached hydrogens (tertiary/aromatic N) is 1. The highest BCUT2D eigenvalue weighted by molar-refractivity contribution is 5.55. The fourth-order valence-electron chi connectivity index (χ4n) is 2.52. The third kappa shape index (κ3) is 8.47. The molecular formula is C19H28NO. The molecule has 0 spiro atoms. The minimum absolute atomic E-state index is 0.725. The molecule has 0 aromatic heterocycles. The van der Waals surface area contributed by atoms with Crippen LogP contribution >= 0.6 is 0 Å². The van der Waals surface area contributed by atoms with Crippen LogP contribution < -0.4 is 0 Å². The predicted molar refractivity (Wildman–Crippen MR) is 89.5 cm³/mol. The number of isocyanates is 1. The molecule has 0 aliphatic carbocycles. The lowest BCUT2D eigenvalue weighted by Crippen LogP contribution is -1.85. The first-order valence-electron chi connectivity index (χ1n) is 8.38. The van der Waals surface area contributed by atoms with E-state index in [0.29, 0.717) is 0 Å². The van der Waals surface area contributed by atoms with Crippen molar-refractivity contribution in [3.8, 4) is 0 Å². The highest BCUT2D eigenvalue weighted by Crippen LogP contribution is 2.22. The average Bonchev–Trinajstić information content (AvgIpc) is 2.51. The maximum Gasteiger partial charge on any atom is 0.240 e. The van der Waals surface area contributed by atoms with Gasteiger partial charge in [-0.25, -0.2) is 4.79 Å². The molecular weight excluding hydrogens is 258 g/mol. The molecule has 1 rings (SSSR count). The average molecular weight is 286 g/mol. The monoisotopic (exact) mass is 286 g/mol. The summed E-state index contributed by atoms with van der Waals surface area (Å²) in [5.41, 5.74) is 1.77. The summed E-state index contributed by atoms with van der Waals surface area (Å²) in [4.78, 5) is 14.1. The van der Waals surface area contributed by atoms with Crippen molar-refractivity contribution in [3.63, 3.8) is 0 Å². The number of aliphatic imine (C=N–C) groups is 1.